The first-order valence-electron chi connectivity index (χ1n) is 6.82. The molecule has 98 valence electrons. The number of likely N-dealkylation sites (N-methyl/N-ethyl adjacent to an activating group) is 2. The lowest BCUT2D eigenvalue weighted by Gasteiger charge is -2.24. The lowest BCUT2D eigenvalue weighted by Crippen LogP contribution is -2.35. The maximum absolute atomic E-state index is 2.46. The molecule has 0 fully saturated rings. The van der Waals surface area contributed by atoms with Crippen LogP contribution in [0.4, 0.5) is 0 Å². The number of hydrogen-bond acceptors (Lipinski definition) is 2. The van der Waals surface area contributed by atoms with Crippen molar-refractivity contribution >= 4 is 0 Å². The molecular formula is C14H32N2. The average molecular weight is 228 g/mol. The first-order chi connectivity index (χ1) is 7.43. The summed E-state index contributed by atoms with van der Waals surface area (Å²) in [6.07, 6.45) is 4.10. The largest absolute Gasteiger partial charge is 0.305 e. The second kappa shape index (κ2) is 9.00. The van der Waals surface area contributed by atoms with E-state index in [1.807, 2.05) is 0 Å². The van der Waals surface area contributed by atoms with E-state index in [0.29, 0.717) is 6.04 Å². The summed E-state index contributed by atoms with van der Waals surface area (Å²) in [6.45, 7) is 12.7. The number of nitrogens with zero attached hydrogens (tertiary/aromatic N) is 2. The second-order valence-corrected chi connectivity index (χ2v) is 5.77. The molecule has 0 rings (SSSR count). The third-order valence-electron chi connectivity index (χ3n) is 3.29. The molecule has 0 spiro atoms. The fourth-order valence-electron chi connectivity index (χ4n) is 1.63. The minimum absolute atomic E-state index is 0.661. The Labute approximate surface area is 103 Å². The Morgan fingerprint density at radius 3 is 1.94 bits per heavy atom. The molecule has 0 amide bonds. The van der Waals surface area contributed by atoms with Gasteiger partial charge in [-0.05, 0) is 46.8 Å². The van der Waals surface area contributed by atoms with Gasteiger partial charge in [-0.3, -0.25) is 0 Å². The Hall–Kier alpha value is -0.0800. The predicted molar refractivity (Wildman–Crippen MR) is 74.0 cm³/mol. The van der Waals surface area contributed by atoms with Crippen LogP contribution in [0.15, 0.2) is 0 Å². The van der Waals surface area contributed by atoms with Crippen molar-refractivity contribution in [2.24, 2.45) is 5.92 Å². The molecule has 0 bridgehead atoms. The van der Waals surface area contributed by atoms with E-state index in [1.54, 1.807) is 0 Å². The predicted octanol–water partition coefficient (Wildman–Crippen LogP) is 3.08. The molecule has 0 aliphatic carbocycles. The highest BCUT2D eigenvalue weighted by Crippen LogP contribution is 2.06. The minimum atomic E-state index is 0.661. The van der Waals surface area contributed by atoms with Crippen LogP contribution in [-0.2, 0) is 0 Å². The normalized spacial score (nSPS) is 12.4. The monoisotopic (exact) mass is 228 g/mol. The van der Waals surface area contributed by atoms with Crippen LogP contribution in [0.5, 0.6) is 0 Å². The summed E-state index contributed by atoms with van der Waals surface area (Å²) >= 11 is 0. The Balaban J connectivity index is 3.41. The van der Waals surface area contributed by atoms with Gasteiger partial charge in [-0.15, -0.1) is 0 Å². The van der Waals surface area contributed by atoms with Crippen molar-refractivity contribution in [1.29, 1.82) is 0 Å². The van der Waals surface area contributed by atoms with Crippen molar-refractivity contribution < 1.29 is 0 Å². The highest BCUT2D eigenvalue weighted by atomic mass is 15.2. The molecule has 0 aromatic heterocycles. The van der Waals surface area contributed by atoms with Gasteiger partial charge >= 0.3 is 0 Å². The van der Waals surface area contributed by atoms with Gasteiger partial charge in [0.2, 0.25) is 0 Å². The van der Waals surface area contributed by atoms with Crippen molar-refractivity contribution in [2.75, 3.05) is 33.7 Å². The van der Waals surface area contributed by atoms with Crippen molar-refractivity contribution in [2.45, 2.75) is 53.0 Å². The zero-order valence-electron chi connectivity index (χ0n) is 12.3. The van der Waals surface area contributed by atoms with Crippen LogP contribution in [0.25, 0.3) is 0 Å². The van der Waals surface area contributed by atoms with Crippen molar-refractivity contribution in [1.82, 2.24) is 9.80 Å². The summed E-state index contributed by atoms with van der Waals surface area (Å²) in [5.41, 5.74) is 0. The Morgan fingerprint density at radius 1 is 0.812 bits per heavy atom. The molecule has 2 nitrogen and oxygen atoms in total. The lowest BCUT2D eigenvalue weighted by molar-refractivity contribution is 0.222. The van der Waals surface area contributed by atoms with E-state index in [2.05, 4.69) is 51.6 Å². The molecule has 0 aliphatic rings. The van der Waals surface area contributed by atoms with Gasteiger partial charge in [0.05, 0.1) is 0 Å². The van der Waals surface area contributed by atoms with Crippen LogP contribution in [0.1, 0.15) is 47.0 Å². The van der Waals surface area contributed by atoms with Gasteiger partial charge in [0.1, 0.15) is 0 Å². The summed E-state index contributed by atoms with van der Waals surface area (Å²) in [4.78, 5) is 4.86. The molecule has 0 heterocycles. The van der Waals surface area contributed by atoms with E-state index in [1.165, 1.54) is 38.9 Å². The molecule has 0 saturated carbocycles. The van der Waals surface area contributed by atoms with Gasteiger partial charge in [-0.2, -0.15) is 0 Å². The van der Waals surface area contributed by atoms with Crippen molar-refractivity contribution in [3.05, 3.63) is 0 Å². The average Bonchev–Trinajstić information content (AvgIpc) is 2.20. The van der Waals surface area contributed by atoms with Gasteiger partial charge in [0.15, 0.2) is 0 Å². The standard InChI is InChI=1S/C14H32N2/c1-13(2)9-7-8-10-15(5)11-12-16(6)14(3)4/h13-14H,7-12H2,1-6H3. The summed E-state index contributed by atoms with van der Waals surface area (Å²) in [5, 5.41) is 0. The van der Waals surface area contributed by atoms with E-state index >= 15 is 0 Å². The van der Waals surface area contributed by atoms with Gasteiger partial charge in [0, 0.05) is 19.1 Å². The SMILES string of the molecule is CC(C)CCCCN(C)CCN(C)C(C)C. The van der Waals surface area contributed by atoms with Gasteiger partial charge in [-0.25, -0.2) is 0 Å². The molecule has 2 heteroatoms. The van der Waals surface area contributed by atoms with E-state index in [0.717, 1.165) is 5.92 Å². The Morgan fingerprint density at radius 2 is 1.44 bits per heavy atom. The minimum Gasteiger partial charge on any atom is -0.305 e. The summed E-state index contributed by atoms with van der Waals surface area (Å²) in [5.74, 6) is 0.859. The number of unbranched alkanes of at least 4 members (excludes halogenated alkanes) is 1. The molecule has 0 atom stereocenters. The van der Waals surface area contributed by atoms with Gasteiger partial charge < -0.3 is 9.80 Å². The first kappa shape index (κ1) is 15.9. The van der Waals surface area contributed by atoms with Crippen LogP contribution in [-0.4, -0.2) is 49.6 Å². The van der Waals surface area contributed by atoms with E-state index in [9.17, 15) is 0 Å². The molecule has 0 aromatic carbocycles. The molecular weight excluding hydrogens is 196 g/mol. The summed E-state index contributed by atoms with van der Waals surface area (Å²) in [7, 11) is 4.45. The smallest absolute Gasteiger partial charge is 0.0109 e. The van der Waals surface area contributed by atoms with Crippen LogP contribution in [0.2, 0.25) is 0 Å². The molecule has 0 N–H and O–H groups in total. The zero-order chi connectivity index (χ0) is 12.6. The fourth-order valence-corrected chi connectivity index (χ4v) is 1.63. The summed E-state index contributed by atoms with van der Waals surface area (Å²) < 4.78 is 0. The van der Waals surface area contributed by atoms with Crippen LogP contribution in [0.3, 0.4) is 0 Å². The van der Waals surface area contributed by atoms with E-state index < -0.39 is 0 Å². The van der Waals surface area contributed by atoms with Crippen molar-refractivity contribution in [3.63, 3.8) is 0 Å². The molecule has 16 heavy (non-hydrogen) atoms. The quantitative estimate of drug-likeness (QED) is 0.560. The topological polar surface area (TPSA) is 6.48 Å². The van der Waals surface area contributed by atoms with E-state index in [4.69, 9.17) is 0 Å². The third-order valence-corrected chi connectivity index (χ3v) is 3.29. The van der Waals surface area contributed by atoms with Crippen LogP contribution in [0, 0.1) is 5.92 Å². The van der Waals surface area contributed by atoms with E-state index in [-0.39, 0.29) is 0 Å². The first-order valence-corrected chi connectivity index (χ1v) is 6.82. The maximum atomic E-state index is 2.46. The van der Waals surface area contributed by atoms with Gasteiger partial charge in [-0.1, -0.05) is 26.7 Å². The molecule has 0 aromatic rings. The molecule has 0 radical (unpaired) electrons. The maximum Gasteiger partial charge on any atom is 0.0109 e. The van der Waals surface area contributed by atoms with Crippen molar-refractivity contribution in [3.8, 4) is 0 Å². The fraction of sp³-hybridized carbons (Fsp3) is 1.00. The Bertz CT molecular complexity index is 155. The zero-order valence-corrected chi connectivity index (χ0v) is 12.3. The molecule has 0 unspecified atom stereocenters. The Kier molecular flexibility index (Phi) is 8.96. The highest BCUT2D eigenvalue weighted by molar-refractivity contribution is 4.60. The lowest BCUT2D eigenvalue weighted by atomic mass is 10.1. The third kappa shape index (κ3) is 9.17. The number of hydrogen-bond donors (Lipinski definition) is 0. The van der Waals surface area contributed by atoms with Gasteiger partial charge in [0.25, 0.3) is 0 Å². The molecule has 0 aliphatic heterocycles. The summed E-state index contributed by atoms with van der Waals surface area (Å²) in [6, 6.07) is 0.661. The second-order valence-electron chi connectivity index (χ2n) is 5.77. The molecule has 0 saturated heterocycles. The van der Waals surface area contributed by atoms with Crippen LogP contribution < -0.4 is 0 Å². The van der Waals surface area contributed by atoms with Crippen LogP contribution >= 0.6 is 0 Å². The highest BCUT2D eigenvalue weighted by Gasteiger charge is 2.04. The number of rotatable bonds is 9.